The third-order valence-electron chi connectivity index (χ3n) is 3.15. The molecule has 0 bridgehead atoms. The standard InChI is InChI=1S/C15H19N3O2S2/c1-11(14-16-7-8-21-14)9-17-15(19)18-10-12-3-5-13(6-4-12)22(2)20/h3-8,11H,9-10H2,1-2H3,(H2,17,18,19)/t11-,22-/m1/s1. The van der Waals surface area contributed by atoms with Gasteiger partial charge in [0.15, 0.2) is 0 Å². The van der Waals surface area contributed by atoms with Crippen LogP contribution in [0.4, 0.5) is 4.79 Å². The van der Waals surface area contributed by atoms with E-state index in [1.807, 2.05) is 36.6 Å². The number of benzene rings is 1. The third kappa shape index (κ3) is 4.92. The minimum absolute atomic E-state index is 0.199. The van der Waals surface area contributed by atoms with Crippen LogP contribution in [0.25, 0.3) is 0 Å². The molecule has 118 valence electrons. The molecule has 0 radical (unpaired) electrons. The van der Waals surface area contributed by atoms with Gasteiger partial charge in [0.05, 0.1) is 5.01 Å². The minimum Gasteiger partial charge on any atom is -0.337 e. The van der Waals surface area contributed by atoms with E-state index in [0.717, 1.165) is 15.5 Å². The fourth-order valence-corrected chi connectivity index (χ4v) is 3.07. The molecular weight excluding hydrogens is 318 g/mol. The molecule has 0 saturated carbocycles. The van der Waals surface area contributed by atoms with Gasteiger partial charge in [0.2, 0.25) is 0 Å². The highest BCUT2D eigenvalue weighted by molar-refractivity contribution is 7.84. The van der Waals surface area contributed by atoms with Gasteiger partial charge in [-0.25, -0.2) is 9.78 Å². The van der Waals surface area contributed by atoms with Crippen LogP contribution in [0.2, 0.25) is 0 Å². The van der Waals surface area contributed by atoms with Crippen molar-refractivity contribution < 1.29 is 9.00 Å². The Hall–Kier alpha value is -1.73. The molecule has 0 aliphatic heterocycles. The molecule has 0 saturated heterocycles. The molecule has 0 aliphatic carbocycles. The lowest BCUT2D eigenvalue weighted by Crippen LogP contribution is -2.37. The first kappa shape index (κ1) is 16.6. The van der Waals surface area contributed by atoms with Crippen LogP contribution in [-0.4, -0.2) is 28.0 Å². The van der Waals surface area contributed by atoms with Gasteiger partial charge in [0, 0.05) is 52.5 Å². The van der Waals surface area contributed by atoms with E-state index in [-0.39, 0.29) is 11.9 Å². The summed E-state index contributed by atoms with van der Waals surface area (Å²) in [4.78, 5) is 16.8. The molecule has 2 N–H and O–H groups in total. The van der Waals surface area contributed by atoms with Crippen LogP contribution in [0.15, 0.2) is 40.7 Å². The van der Waals surface area contributed by atoms with Gasteiger partial charge in [-0.1, -0.05) is 19.1 Å². The Morgan fingerprint density at radius 2 is 2.05 bits per heavy atom. The lowest BCUT2D eigenvalue weighted by Gasteiger charge is -2.11. The predicted molar refractivity (Wildman–Crippen MR) is 89.5 cm³/mol. The number of thiazole rings is 1. The summed E-state index contributed by atoms with van der Waals surface area (Å²) in [6, 6.07) is 7.17. The lowest BCUT2D eigenvalue weighted by molar-refractivity contribution is 0.240. The number of nitrogens with zero attached hydrogens (tertiary/aromatic N) is 1. The summed E-state index contributed by atoms with van der Waals surface area (Å²) in [6.07, 6.45) is 3.41. The first-order chi connectivity index (χ1) is 10.6. The Morgan fingerprint density at radius 1 is 1.32 bits per heavy atom. The molecule has 7 heteroatoms. The molecule has 1 aromatic carbocycles. The summed E-state index contributed by atoms with van der Waals surface area (Å²) in [5, 5.41) is 8.59. The summed E-state index contributed by atoms with van der Waals surface area (Å²) in [5.41, 5.74) is 0.970. The second-order valence-corrected chi connectivity index (χ2v) is 7.24. The highest BCUT2D eigenvalue weighted by atomic mass is 32.2. The van der Waals surface area contributed by atoms with Crippen LogP contribution in [0.3, 0.4) is 0 Å². The van der Waals surface area contributed by atoms with Crippen molar-refractivity contribution in [3.05, 3.63) is 46.4 Å². The number of carbonyl (C=O) groups excluding carboxylic acids is 1. The predicted octanol–water partition coefficient (Wildman–Crippen LogP) is 2.48. The summed E-state index contributed by atoms with van der Waals surface area (Å²) < 4.78 is 11.3. The van der Waals surface area contributed by atoms with E-state index in [1.54, 1.807) is 23.8 Å². The first-order valence-corrected chi connectivity index (χ1v) is 9.33. The number of hydrogen-bond donors (Lipinski definition) is 2. The number of aromatic nitrogens is 1. The second kappa shape index (κ2) is 8.05. The molecule has 0 fully saturated rings. The van der Waals surface area contributed by atoms with Gasteiger partial charge in [-0.3, -0.25) is 4.21 Å². The molecule has 0 spiro atoms. The van der Waals surface area contributed by atoms with Crippen molar-refractivity contribution in [1.82, 2.24) is 15.6 Å². The summed E-state index contributed by atoms with van der Waals surface area (Å²) in [5.74, 6) is 0.199. The average molecular weight is 337 g/mol. The maximum atomic E-state index is 11.8. The number of nitrogens with one attached hydrogen (secondary N) is 2. The van der Waals surface area contributed by atoms with E-state index < -0.39 is 10.8 Å². The van der Waals surface area contributed by atoms with Gasteiger partial charge in [0.25, 0.3) is 0 Å². The van der Waals surface area contributed by atoms with E-state index in [1.165, 1.54) is 0 Å². The van der Waals surface area contributed by atoms with E-state index in [2.05, 4.69) is 15.6 Å². The van der Waals surface area contributed by atoms with E-state index >= 15 is 0 Å². The summed E-state index contributed by atoms with van der Waals surface area (Å²) in [6.45, 7) is 3.02. The molecule has 0 aliphatic rings. The fraction of sp³-hybridized carbons (Fsp3) is 0.333. The molecule has 1 aromatic heterocycles. The van der Waals surface area contributed by atoms with Crippen molar-refractivity contribution in [1.29, 1.82) is 0 Å². The highest BCUT2D eigenvalue weighted by Crippen LogP contribution is 2.16. The quantitative estimate of drug-likeness (QED) is 0.851. The highest BCUT2D eigenvalue weighted by Gasteiger charge is 2.09. The van der Waals surface area contributed by atoms with Gasteiger partial charge < -0.3 is 10.6 Å². The molecule has 1 heterocycles. The molecular formula is C15H19N3O2S2. The maximum absolute atomic E-state index is 11.8. The Bertz CT molecular complexity index is 627. The van der Waals surface area contributed by atoms with Crippen LogP contribution in [0.1, 0.15) is 23.4 Å². The largest absolute Gasteiger partial charge is 0.337 e. The van der Waals surface area contributed by atoms with E-state index in [9.17, 15) is 9.00 Å². The van der Waals surface area contributed by atoms with Crippen molar-refractivity contribution in [3.8, 4) is 0 Å². The Balaban J connectivity index is 1.74. The average Bonchev–Trinajstić information content (AvgIpc) is 3.05. The van der Waals surface area contributed by atoms with Crippen molar-refractivity contribution in [3.63, 3.8) is 0 Å². The topological polar surface area (TPSA) is 71.1 Å². The first-order valence-electron chi connectivity index (χ1n) is 6.89. The summed E-state index contributed by atoms with van der Waals surface area (Å²) in [7, 11) is -0.978. The van der Waals surface area contributed by atoms with Crippen LogP contribution in [0, 0.1) is 0 Å². The van der Waals surface area contributed by atoms with Crippen molar-refractivity contribution in [2.75, 3.05) is 12.8 Å². The van der Waals surface area contributed by atoms with Crippen molar-refractivity contribution in [2.45, 2.75) is 24.3 Å². The number of carbonyl (C=O) groups is 1. The minimum atomic E-state index is -0.978. The zero-order valence-corrected chi connectivity index (χ0v) is 14.2. The molecule has 2 atom stereocenters. The SMILES string of the molecule is C[C@H](CNC(=O)NCc1ccc([S@@](C)=O)cc1)c1nccs1. The molecule has 2 rings (SSSR count). The number of amides is 2. The number of rotatable bonds is 6. The van der Waals surface area contributed by atoms with Gasteiger partial charge >= 0.3 is 6.03 Å². The third-order valence-corrected chi connectivity index (χ3v) is 5.09. The Kier molecular flexibility index (Phi) is 6.09. The van der Waals surface area contributed by atoms with Gasteiger partial charge in [-0.05, 0) is 17.7 Å². The van der Waals surface area contributed by atoms with Crippen LogP contribution >= 0.6 is 11.3 Å². The van der Waals surface area contributed by atoms with Crippen LogP contribution < -0.4 is 10.6 Å². The number of hydrogen-bond acceptors (Lipinski definition) is 4. The lowest BCUT2D eigenvalue weighted by atomic mass is 10.2. The molecule has 2 amide bonds. The summed E-state index contributed by atoms with van der Waals surface area (Å²) >= 11 is 1.59. The van der Waals surface area contributed by atoms with Gasteiger partial charge in [0.1, 0.15) is 0 Å². The second-order valence-electron chi connectivity index (χ2n) is 4.93. The Morgan fingerprint density at radius 3 is 2.64 bits per heavy atom. The molecule has 22 heavy (non-hydrogen) atoms. The monoisotopic (exact) mass is 337 g/mol. The van der Waals surface area contributed by atoms with E-state index in [4.69, 9.17) is 0 Å². The molecule has 5 nitrogen and oxygen atoms in total. The van der Waals surface area contributed by atoms with E-state index in [0.29, 0.717) is 13.1 Å². The van der Waals surface area contributed by atoms with Gasteiger partial charge in [-0.15, -0.1) is 11.3 Å². The fourth-order valence-electron chi connectivity index (χ4n) is 1.85. The zero-order chi connectivity index (χ0) is 15.9. The van der Waals surface area contributed by atoms with Gasteiger partial charge in [-0.2, -0.15) is 0 Å². The molecule has 0 unspecified atom stereocenters. The molecule has 2 aromatic rings. The smallest absolute Gasteiger partial charge is 0.315 e. The maximum Gasteiger partial charge on any atom is 0.315 e. The van der Waals surface area contributed by atoms with Crippen molar-refractivity contribution >= 4 is 28.2 Å². The zero-order valence-electron chi connectivity index (χ0n) is 12.5. The van der Waals surface area contributed by atoms with Crippen LogP contribution in [-0.2, 0) is 17.3 Å². The van der Waals surface area contributed by atoms with Crippen LogP contribution in [0.5, 0.6) is 0 Å². The van der Waals surface area contributed by atoms with Crippen molar-refractivity contribution in [2.24, 2.45) is 0 Å². The number of urea groups is 1. The normalized spacial score (nSPS) is 13.4. The Labute approximate surface area is 136 Å².